The monoisotopic (exact) mass is 352 g/mol. The van der Waals surface area contributed by atoms with Crippen LogP contribution in [-0.2, 0) is 10.0 Å². The molecule has 3 N–H and O–H groups in total. The van der Waals surface area contributed by atoms with Crippen LogP contribution >= 0.6 is 22.9 Å². The van der Waals surface area contributed by atoms with Crippen LogP contribution in [0.4, 0.5) is 14.5 Å². The number of sulfonamides is 1. The Kier molecular flexibility index (Phi) is 4.17. The maximum Gasteiger partial charge on any atom is 0.271 e. The second-order valence-electron chi connectivity index (χ2n) is 3.84. The van der Waals surface area contributed by atoms with Crippen LogP contribution in [0.5, 0.6) is 0 Å². The van der Waals surface area contributed by atoms with E-state index < -0.39 is 38.8 Å². The summed E-state index contributed by atoms with van der Waals surface area (Å²) in [6.45, 7) is 0. The molecule has 0 aliphatic heterocycles. The molecule has 0 bridgehead atoms. The molecule has 1 aromatic carbocycles. The number of hydrogen-bond donors (Lipinski definition) is 2. The van der Waals surface area contributed by atoms with Gasteiger partial charge >= 0.3 is 0 Å². The van der Waals surface area contributed by atoms with Crippen LogP contribution in [0.1, 0.15) is 10.4 Å². The van der Waals surface area contributed by atoms with Gasteiger partial charge in [-0.1, -0.05) is 11.6 Å². The molecule has 5 nitrogen and oxygen atoms in total. The first-order valence-electron chi connectivity index (χ1n) is 5.27. The standard InChI is InChI=1S/C11H7ClF2N2O3S2/c12-9-1-2-10(20-9)21(18,19)16-8-4-7(14)6(13)3-5(8)11(15)17/h1-4,16H,(H2,15,17). The van der Waals surface area contributed by atoms with Crippen LogP contribution < -0.4 is 10.5 Å². The van der Waals surface area contributed by atoms with Gasteiger partial charge in [0, 0.05) is 6.07 Å². The van der Waals surface area contributed by atoms with E-state index in [0.717, 1.165) is 11.3 Å². The minimum absolute atomic E-state index is 0.146. The first kappa shape index (κ1) is 15.7. The van der Waals surface area contributed by atoms with Gasteiger partial charge in [0.15, 0.2) is 11.6 Å². The van der Waals surface area contributed by atoms with Crippen LogP contribution in [0.2, 0.25) is 4.34 Å². The number of carbonyl (C=O) groups excluding carboxylic acids is 1. The Labute approximate surface area is 127 Å². The fourth-order valence-corrected chi connectivity index (χ4v) is 4.03. The predicted octanol–water partition coefficient (Wildman–Crippen LogP) is 2.58. The van der Waals surface area contributed by atoms with E-state index in [0.29, 0.717) is 12.1 Å². The van der Waals surface area contributed by atoms with Crippen molar-refractivity contribution in [3.63, 3.8) is 0 Å². The fraction of sp³-hybridized carbons (Fsp3) is 0. The molecule has 0 saturated heterocycles. The molecule has 1 aromatic heterocycles. The number of rotatable bonds is 4. The van der Waals surface area contributed by atoms with E-state index in [2.05, 4.69) is 0 Å². The highest BCUT2D eigenvalue weighted by atomic mass is 35.5. The zero-order valence-electron chi connectivity index (χ0n) is 10.1. The van der Waals surface area contributed by atoms with Gasteiger partial charge in [0.1, 0.15) is 4.21 Å². The number of nitrogens with one attached hydrogen (secondary N) is 1. The molecule has 0 aliphatic rings. The third-order valence-electron chi connectivity index (χ3n) is 2.38. The summed E-state index contributed by atoms with van der Waals surface area (Å²) >= 11 is 6.41. The second kappa shape index (κ2) is 5.58. The second-order valence-corrected chi connectivity index (χ2v) is 7.46. The molecule has 2 aromatic rings. The van der Waals surface area contributed by atoms with Crippen molar-refractivity contribution in [3.8, 4) is 0 Å². The number of nitrogens with two attached hydrogens (primary N) is 1. The molecule has 0 unspecified atom stereocenters. The smallest absolute Gasteiger partial charge is 0.271 e. The quantitative estimate of drug-likeness (QED) is 0.886. The SMILES string of the molecule is NC(=O)c1cc(F)c(F)cc1NS(=O)(=O)c1ccc(Cl)s1. The first-order chi connectivity index (χ1) is 9.70. The third-order valence-corrected chi connectivity index (χ3v) is 5.47. The summed E-state index contributed by atoms with van der Waals surface area (Å²) in [7, 11) is -4.09. The Balaban J connectivity index is 2.48. The van der Waals surface area contributed by atoms with Crippen LogP contribution in [0.25, 0.3) is 0 Å². The van der Waals surface area contributed by atoms with Gasteiger partial charge in [0.25, 0.3) is 15.9 Å². The van der Waals surface area contributed by atoms with Gasteiger partial charge in [-0.05, 0) is 18.2 Å². The molecule has 0 aliphatic carbocycles. The predicted molar refractivity (Wildman–Crippen MR) is 75.0 cm³/mol. The molecule has 112 valence electrons. The molecule has 1 heterocycles. The lowest BCUT2D eigenvalue weighted by Crippen LogP contribution is -2.19. The fourth-order valence-electron chi connectivity index (χ4n) is 1.47. The highest BCUT2D eigenvalue weighted by molar-refractivity contribution is 7.94. The van der Waals surface area contributed by atoms with E-state index in [1.54, 1.807) is 0 Å². The van der Waals surface area contributed by atoms with E-state index >= 15 is 0 Å². The van der Waals surface area contributed by atoms with Crippen molar-refractivity contribution in [2.75, 3.05) is 4.72 Å². The number of primary amides is 1. The van der Waals surface area contributed by atoms with Gasteiger partial charge in [0.2, 0.25) is 0 Å². The van der Waals surface area contributed by atoms with Crippen molar-refractivity contribution in [1.29, 1.82) is 0 Å². The number of carbonyl (C=O) groups is 1. The van der Waals surface area contributed by atoms with Gasteiger partial charge in [-0.25, -0.2) is 17.2 Å². The Morgan fingerprint density at radius 3 is 2.38 bits per heavy atom. The highest BCUT2D eigenvalue weighted by Gasteiger charge is 2.21. The third kappa shape index (κ3) is 3.31. The van der Waals surface area contributed by atoms with E-state index in [-0.39, 0.29) is 8.55 Å². The molecular weight excluding hydrogens is 346 g/mol. The maximum atomic E-state index is 13.2. The molecule has 0 atom stereocenters. The Morgan fingerprint density at radius 1 is 1.24 bits per heavy atom. The minimum Gasteiger partial charge on any atom is -0.366 e. The largest absolute Gasteiger partial charge is 0.366 e. The summed E-state index contributed by atoms with van der Waals surface area (Å²) < 4.78 is 52.5. The Morgan fingerprint density at radius 2 is 1.86 bits per heavy atom. The normalized spacial score (nSPS) is 11.4. The number of hydrogen-bond acceptors (Lipinski definition) is 4. The number of anilines is 1. The van der Waals surface area contributed by atoms with Gasteiger partial charge in [0.05, 0.1) is 15.6 Å². The summed E-state index contributed by atoms with van der Waals surface area (Å²) in [6.07, 6.45) is 0. The van der Waals surface area contributed by atoms with Crippen LogP contribution in [0.3, 0.4) is 0 Å². The molecule has 0 fully saturated rings. The van der Waals surface area contributed by atoms with Crippen molar-refractivity contribution < 1.29 is 22.0 Å². The van der Waals surface area contributed by atoms with Crippen molar-refractivity contribution >= 4 is 44.6 Å². The van der Waals surface area contributed by atoms with E-state index in [4.69, 9.17) is 17.3 Å². The van der Waals surface area contributed by atoms with E-state index in [1.165, 1.54) is 12.1 Å². The zero-order valence-corrected chi connectivity index (χ0v) is 12.5. The van der Waals surface area contributed by atoms with Crippen LogP contribution in [0, 0.1) is 11.6 Å². The average molecular weight is 353 g/mol. The molecule has 0 saturated carbocycles. The van der Waals surface area contributed by atoms with Crippen LogP contribution in [0.15, 0.2) is 28.5 Å². The summed E-state index contributed by atoms with van der Waals surface area (Å²) in [5.74, 6) is -3.73. The van der Waals surface area contributed by atoms with Crippen molar-refractivity contribution in [2.45, 2.75) is 4.21 Å². The molecule has 0 spiro atoms. The molecule has 0 radical (unpaired) electrons. The summed E-state index contributed by atoms with van der Waals surface area (Å²) in [6, 6.07) is 3.67. The maximum absolute atomic E-state index is 13.2. The highest BCUT2D eigenvalue weighted by Crippen LogP contribution is 2.28. The van der Waals surface area contributed by atoms with Crippen molar-refractivity contribution in [2.24, 2.45) is 5.73 Å². The zero-order chi connectivity index (χ0) is 15.8. The van der Waals surface area contributed by atoms with E-state index in [1.807, 2.05) is 4.72 Å². The topological polar surface area (TPSA) is 89.3 Å². The molecule has 21 heavy (non-hydrogen) atoms. The number of thiophene rings is 1. The lowest BCUT2D eigenvalue weighted by Gasteiger charge is -2.10. The lowest BCUT2D eigenvalue weighted by atomic mass is 10.1. The Hall–Kier alpha value is -1.71. The number of amides is 1. The molecule has 2 rings (SSSR count). The van der Waals surface area contributed by atoms with Gasteiger partial charge in [-0.3, -0.25) is 9.52 Å². The molecule has 1 amide bonds. The van der Waals surface area contributed by atoms with Gasteiger partial charge in [-0.2, -0.15) is 0 Å². The summed E-state index contributed by atoms with van der Waals surface area (Å²) in [4.78, 5) is 11.2. The van der Waals surface area contributed by atoms with Crippen LogP contribution in [-0.4, -0.2) is 14.3 Å². The summed E-state index contributed by atoms with van der Waals surface area (Å²) in [5.41, 5.74) is 4.07. The first-order valence-corrected chi connectivity index (χ1v) is 7.95. The van der Waals surface area contributed by atoms with Crippen molar-refractivity contribution in [3.05, 3.63) is 45.8 Å². The Bertz CT molecular complexity index is 821. The minimum atomic E-state index is -4.09. The van der Waals surface area contributed by atoms with Crippen molar-refractivity contribution in [1.82, 2.24) is 0 Å². The summed E-state index contributed by atoms with van der Waals surface area (Å²) in [5, 5.41) is 0. The molecular formula is C11H7ClF2N2O3S2. The molecule has 10 heteroatoms. The average Bonchev–Trinajstić information content (AvgIpc) is 2.80. The van der Waals surface area contributed by atoms with E-state index in [9.17, 15) is 22.0 Å². The number of halogens is 3. The lowest BCUT2D eigenvalue weighted by molar-refractivity contribution is 0.100. The number of benzene rings is 1. The van der Waals surface area contributed by atoms with Gasteiger partial charge in [-0.15, -0.1) is 11.3 Å². The van der Waals surface area contributed by atoms with Gasteiger partial charge < -0.3 is 5.73 Å².